The van der Waals surface area contributed by atoms with Gasteiger partial charge in [-0.05, 0) is 23.8 Å². The van der Waals surface area contributed by atoms with E-state index in [2.05, 4.69) is 31.2 Å². The van der Waals surface area contributed by atoms with Crippen LogP contribution in [-0.2, 0) is 0 Å². The molecule has 2 heterocycles. The van der Waals surface area contributed by atoms with Crippen molar-refractivity contribution in [3.05, 3.63) is 63.0 Å². The molecule has 0 saturated heterocycles. The van der Waals surface area contributed by atoms with Gasteiger partial charge in [0.05, 0.1) is 11.7 Å². The Morgan fingerprint density at radius 2 is 2.29 bits per heavy atom. The summed E-state index contributed by atoms with van der Waals surface area (Å²) in [6, 6.07) is 4.23. The van der Waals surface area contributed by atoms with Crippen LogP contribution in [0.5, 0.6) is 0 Å². The zero-order valence-electron chi connectivity index (χ0n) is 10.7. The Labute approximate surface area is 138 Å². The number of hydrogen-bond acceptors (Lipinski definition) is 4. The van der Waals surface area contributed by atoms with Crippen molar-refractivity contribution in [2.24, 2.45) is 4.99 Å². The van der Waals surface area contributed by atoms with Crippen LogP contribution in [0.4, 0.5) is 4.39 Å². The lowest BCUT2D eigenvalue weighted by molar-refractivity contribution is 0.625. The fraction of sp³-hybridized carbons (Fsp3) is 0.143. The third kappa shape index (κ3) is 3.17. The summed E-state index contributed by atoms with van der Waals surface area (Å²) in [5.41, 5.74) is 1.69. The third-order valence-electron chi connectivity index (χ3n) is 2.98. The van der Waals surface area contributed by atoms with E-state index in [1.165, 1.54) is 23.5 Å². The van der Waals surface area contributed by atoms with Gasteiger partial charge in [-0.3, -0.25) is 0 Å². The minimum Gasteiger partial charge on any atom is -0.357 e. The summed E-state index contributed by atoms with van der Waals surface area (Å²) >= 11 is 11.1. The average molecular weight is 387 g/mol. The van der Waals surface area contributed by atoms with Gasteiger partial charge in [-0.1, -0.05) is 33.6 Å². The molecule has 0 saturated carbocycles. The van der Waals surface area contributed by atoms with E-state index in [1.807, 2.05) is 11.5 Å². The summed E-state index contributed by atoms with van der Waals surface area (Å²) in [5, 5.41) is 7.01. The predicted molar refractivity (Wildman–Crippen MR) is 87.8 cm³/mol. The number of amidine groups is 1. The van der Waals surface area contributed by atoms with E-state index < -0.39 is 0 Å². The number of halogens is 3. The number of nitrogens with zero attached hydrogens (tertiary/aromatic N) is 2. The molecule has 0 bridgehead atoms. The number of alkyl halides is 1. The molecule has 0 radical (unpaired) electrons. The molecule has 3 nitrogen and oxygen atoms in total. The Morgan fingerprint density at radius 3 is 2.95 bits per heavy atom. The number of aliphatic imine (C=N–C) groups is 1. The van der Waals surface area contributed by atoms with E-state index in [9.17, 15) is 4.39 Å². The van der Waals surface area contributed by atoms with Crippen LogP contribution in [0.15, 0.2) is 46.5 Å². The lowest BCUT2D eigenvalue weighted by Crippen LogP contribution is -2.31. The lowest BCUT2D eigenvalue weighted by atomic mass is 10.0. The highest BCUT2D eigenvalue weighted by Gasteiger charge is 2.21. The summed E-state index contributed by atoms with van der Waals surface area (Å²) in [6.07, 6.45) is 3.70. The van der Waals surface area contributed by atoms with Crippen LogP contribution in [0, 0.1) is 5.82 Å². The minimum absolute atomic E-state index is 0.165. The Bertz CT molecular complexity index is 715. The fourth-order valence-electron chi connectivity index (χ4n) is 2.04. The van der Waals surface area contributed by atoms with Gasteiger partial charge in [0.25, 0.3) is 0 Å². The maximum atomic E-state index is 13.2. The Morgan fingerprint density at radius 1 is 1.43 bits per heavy atom. The van der Waals surface area contributed by atoms with Crippen molar-refractivity contribution in [2.75, 3.05) is 5.33 Å². The highest BCUT2D eigenvalue weighted by molar-refractivity contribution is 9.09. The topological polar surface area (TPSA) is 37.3 Å². The molecule has 21 heavy (non-hydrogen) atoms. The first-order chi connectivity index (χ1) is 10.2. The zero-order chi connectivity index (χ0) is 14.8. The molecule has 1 atom stereocenters. The first-order valence-corrected chi connectivity index (χ1v) is 8.52. The van der Waals surface area contributed by atoms with Crippen LogP contribution < -0.4 is 5.32 Å². The summed E-state index contributed by atoms with van der Waals surface area (Å²) in [4.78, 5) is 8.78. The van der Waals surface area contributed by atoms with Gasteiger partial charge in [0.2, 0.25) is 0 Å². The normalized spacial score (nSPS) is 18.0. The average Bonchev–Trinajstić information content (AvgIpc) is 3.01. The molecule has 1 aliphatic rings. The van der Waals surface area contributed by atoms with E-state index >= 15 is 0 Å². The van der Waals surface area contributed by atoms with Crippen molar-refractivity contribution in [3.8, 4) is 0 Å². The van der Waals surface area contributed by atoms with Gasteiger partial charge >= 0.3 is 0 Å². The maximum absolute atomic E-state index is 13.2. The van der Waals surface area contributed by atoms with Crippen LogP contribution in [0.1, 0.15) is 16.6 Å². The molecule has 0 spiro atoms. The second-order valence-electron chi connectivity index (χ2n) is 4.38. The van der Waals surface area contributed by atoms with Gasteiger partial charge in [-0.15, -0.1) is 11.3 Å². The van der Waals surface area contributed by atoms with E-state index in [0.29, 0.717) is 16.2 Å². The number of thiazole rings is 1. The molecular formula is C14H10BrClFN3S. The first kappa shape index (κ1) is 14.7. The van der Waals surface area contributed by atoms with Crippen molar-refractivity contribution < 1.29 is 4.39 Å². The van der Waals surface area contributed by atoms with E-state index in [1.54, 1.807) is 12.3 Å². The smallest absolute Gasteiger partial charge is 0.163 e. The van der Waals surface area contributed by atoms with Crippen molar-refractivity contribution in [3.63, 3.8) is 0 Å². The van der Waals surface area contributed by atoms with Gasteiger partial charge in [0.15, 0.2) is 10.8 Å². The monoisotopic (exact) mass is 385 g/mol. The lowest BCUT2D eigenvalue weighted by Gasteiger charge is -2.23. The number of nitrogens with one attached hydrogen (secondary N) is 1. The van der Waals surface area contributed by atoms with Gasteiger partial charge in [-0.2, -0.15) is 0 Å². The number of aromatic nitrogens is 1. The molecule has 1 unspecified atom stereocenters. The molecule has 1 aliphatic heterocycles. The Hall–Kier alpha value is -1.24. The van der Waals surface area contributed by atoms with Crippen molar-refractivity contribution in [2.45, 2.75) is 6.04 Å². The number of allylic oxidation sites excluding steroid dienone is 1. The number of rotatable bonds is 3. The van der Waals surface area contributed by atoms with Crippen LogP contribution in [0.2, 0.25) is 5.02 Å². The van der Waals surface area contributed by atoms with Crippen molar-refractivity contribution >= 4 is 44.7 Å². The number of hydrogen-bond donors (Lipinski definition) is 1. The summed E-state index contributed by atoms with van der Waals surface area (Å²) < 4.78 is 13.2. The zero-order valence-corrected chi connectivity index (χ0v) is 13.8. The van der Waals surface area contributed by atoms with Gasteiger partial charge in [0.1, 0.15) is 5.82 Å². The van der Waals surface area contributed by atoms with E-state index in [-0.39, 0.29) is 11.9 Å². The van der Waals surface area contributed by atoms with Crippen LogP contribution >= 0.6 is 38.9 Å². The van der Waals surface area contributed by atoms with E-state index in [0.717, 1.165) is 16.3 Å². The largest absolute Gasteiger partial charge is 0.357 e. The molecule has 0 fully saturated rings. The summed E-state index contributed by atoms with van der Waals surface area (Å²) in [7, 11) is 0. The van der Waals surface area contributed by atoms with Gasteiger partial charge < -0.3 is 5.32 Å². The number of benzene rings is 1. The molecule has 108 valence electrons. The molecule has 0 amide bonds. The molecular weight excluding hydrogens is 377 g/mol. The molecule has 2 aromatic rings. The molecule has 3 rings (SSSR count). The van der Waals surface area contributed by atoms with Crippen molar-refractivity contribution in [1.29, 1.82) is 0 Å². The predicted octanol–water partition coefficient (Wildman–Crippen LogP) is 4.31. The van der Waals surface area contributed by atoms with Gasteiger partial charge in [-0.25, -0.2) is 14.4 Å². The molecule has 7 heteroatoms. The standard InChI is InChI=1S/C14H10BrClFN3S/c15-7-9-6-12(10-2-1-8(17)5-11(10)16)20-13(19-9)14-18-3-4-21-14/h1-6,12H,7H2,(H,19,20). The molecule has 0 aliphatic carbocycles. The minimum atomic E-state index is -0.349. The highest BCUT2D eigenvalue weighted by atomic mass is 79.9. The third-order valence-corrected chi connectivity index (χ3v) is 4.66. The SMILES string of the molecule is Fc1ccc(C2C=C(CBr)N=C(c3nccs3)N2)c(Cl)c1. The second kappa shape index (κ2) is 6.25. The van der Waals surface area contributed by atoms with Crippen LogP contribution in [-0.4, -0.2) is 16.1 Å². The summed E-state index contributed by atoms with van der Waals surface area (Å²) in [6.45, 7) is 0. The first-order valence-electron chi connectivity index (χ1n) is 6.14. The van der Waals surface area contributed by atoms with Gasteiger partial charge in [0, 0.05) is 21.9 Å². The van der Waals surface area contributed by atoms with E-state index in [4.69, 9.17) is 11.6 Å². The Balaban J connectivity index is 1.97. The summed E-state index contributed by atoms with van der Waals surface area (Å²) in [5.74, 6) is 0.352. The van der Waals surface area contributed by atoms with Crippen LogP contribution in [0.25, 0.3) is 0 Å². The molecule has 1 N–H and O–H groups in total. The molecule has 1 aromatic heterocycles. The van der Waals surface area contributed by atoms with Crippen molar-refractivity contribution in [1.82, 2.24) is 10.3 Å². The quantitative estimate of drug-likeness (QED) is 0.798. The molecule has 1 aromatic carbocycles. The maximum Gasteiger partial charge on any atom is 0.163 e. The fourth-order valence-corrected chi connectivity index (χ4v) is 3.23. The second-order valence-corrected chi connectivity index (χ2v) is 6.24. The Kier molecular flexibility index (Phi) is 4.37. The highest BCUT2D eigenvalue weighted by Crippen LogP contribution is 2.29. The van der Waals surface area contributed by atoms with Crippen LogP contribution in [0.3, 0.4) is 0 Å².